The number of halogens is 2. The molecule has 38 heavy (non-hydrogen) atoms. The first kappa shape index (κ1) is 27.7. The van der Waals surface area contributed by atoms with Crippen LogP contribution in [-0.2, 0) is 12.8 Å². The Balaban J connectivity index is 1.50. The fourth-order valence-electron chi connectivity index (χ4n) is 4.92. The molecule has 3 aromatic carbocycles. The van der Waals surface area contributed by atoms with Crippen LogP contribution in [0, 0.1) is 11.6 Å². The molecule has 1 aliphatic carbocycles. The number of amides is 1. The van der Waals surface area contributed by atoms with Gasteiger partial charge in [0.15, 0.2) is 0 Å². The summed E-state index contributed by atoms with van der Waals surface area (Å²) >= 11 is 0. The zero-order valence-corrected chi connectivity index (χ0v) is 22.1. The molecule has 0 radical (unpaired) electrons. The number of aliphatic hydroxyl groups excluding tert-OH is 1. The highest BCUT2D eigenvalue weighted by Crippen LogP contribution is 2.33. The SMILES string of the molecule is CC(C)(C)Oc1ccc2c(c1)[C@@H](NC[C@H](O)[C@H](Cc1cc(F)cc(F)c1)NC(=O)c1ccccc1)CCC2. The summed E-state index contributed by atoms with van der Waals surface area (Å²) in [7, 11) is 0. The van der Waals surface area contributed by atoms with Gasteiger partial charge >= 0.3 is 0 Å². The Morgan fingerprint density at radius 1 is 1.05 bits per heavy atom. The molecule has 3 aromatic rings. The lowest BCUT2D eigenvalue weighted by molar-refractivity contribution is 0.0822. The molecule has 0 bridgehead atoms. The molecule has 4 rings (SSSR count). The van der Waals surface area contributed by atoms with Crippen molar-refractivity contribution in [1.82, 2.24) is 10.6 Å². The van der Waals surface area contributed by atoms with E-state index in [-0.39, 0.29) is 30.5 Å². The first-order chi connectivity index (χ1) is 18.1. The van der Waals surface area contributed by atoms with Crippen molar-refractivity contribution in [3.05, 3.63) is 101 Å². The van der Waals surface area contributed by atoms with Gasteiger partial charge in [0.1, 0.15) is 23.0 Å². The Morgan fingerprint density at radius 2 is 1.76 bits per heavy atom. The molecule has 3 atom stereocenters. The van der Waals surface area contributed by atoms with E-state index in [4.69, 9.17) is 4.74 Å². The van der Waals surface area contributed by atoms with Crippen molar-refractivity contribution in [3.8, 4) is 5.75 Å². The third-order valence-corrected chi connectivity index (χ3v) is 6.62. The molecule has 0 heterocycles. The minimum atomic E-state index is -1.01. The van der Waals surface area contributed by atoms with Crippen LogP contribution in [0.25, 0.3) is 0 Å². The fraction of sp³-hybridized carbons (Fsp3) is 0.387. The maximum absolute atomic E-state index is 13.9. The summed E-state index contributed by atoms with van der Waals surface area (Å²) in [4.78, 5) is 12.9. The Kier molecular flexibility index (Phi) is 8.80. The molecule has 7 heteroatoms. The van der Waals surface area contributed by atoms with Crippen molar-refractivity contribution in [3.63, 3.8) is 0 Å². The van der Waals surface area contributed by atoms with Crippen molar-refractivity contribution in [2.24, 2.45) is 0 Å². The van der Waals surface area contributed by atoms with Crippen molar-refractivity contribution in [1.29, 1.82) is 0 Å². The highest BCUT2D eigenvalue weighted by atomic mass is 19.1. The molecule has 0 saturated heterocycles. The van der Waals surface area contributed by atoms with Crippen LogP contribution in [0.3, 0.4) is 0 Å². The van der Waals surface area contributed by atoms with Gasteiger partial charge in [0, 0.05) is 24.2 Å². The van der Waals surface area contributed by atoms with Gasteiger partial charge in [0.2, 0.25) is 0 Å². The first-order valence-electron chi connectivity index (χ1n) is 13.1. The molecular formula is C31H36F2N2O3. The smallest absolute Gasteiger partial charge is 0.251 e. The predicted molar refractivity (Wildman–Crippen MR) is 144 cm³/mol. The second-order valence-corrected chi connectivity index (χ2v) is 10.9. The van der Waals surface area contributed by atoms with Crippen molar-refractivity contribution in [2.45, 2.75) is 70.2 Å². The molecule has 0 aromatic heterocycles. The Hall–Kier alpha value is -3.29. The van der Waals surface area contributed by atoms with Gasteiger partial charge in [-0.15, -0.1) is 0 Å². The molecule has 0 unspecified atom stereocenters. The third kappa shape index (κ3) is 7.62. The van der Waals surface area contributed by atoms with E-state index in [1.807, 2.05) is 32.9 Å². The van der Waals surface area contributed by atoms with E-state index >= 15 is 0 Å². The van der Waals surface area contributed by atoms with Crippen LogP contribution in [0.2, 0.25) is 0 Å². The molecule has 3 N–H and O–H groups in total. The van der Waals surface area contributed by atoms with E-state index < -0.39 is 23.8 Å². The van der Waals surface area contributed by atoms with Crippen LogP contribution in [0.5, 0.6) is 5.75 Å². The number of hydrogen-bond acceptors (Lipinski definition) is 4. The summed E-state index contributed by atoms with van der Waals surface area (Å²) in [6, 6.07) is 17.3. The zero-order valence-electron chi connectivity index (χ0n) is 22.1. The zero-order chi connectivity index (χ0) is 27.3. The second-order valence-electron chi connectivity index (χ2n) is 10.9. The second kappa shape index (κ2) is 12.0. The van der Waals surface area contributed by atoms with Crippen molar-refractivity contribution < 1.29 is 23.4 Å². The Labute approximate surface area is 223 Å². The van der Waals surface area contributed by atoms with Gasteiger partial charge in [-0.1, -0.05) is 24.3 Å². The highest BCUT2D eigenvalue weighted by molar-refractivity contribution is 5.94. The quantitative estimate of drug-likeness (QED) is 0.347. The van der Waals surface area contributed by atoms with E-state index in [2.05, 4.69) is 22.8 Å². The van der Waals surface area contributed by atoms with Crippen molar-refractivity contribution in [2.75, 3.05) is 6.54 Å². The lowest BCUT2D eigenvalue weighted by Gasteiger charge is -2.31. The largest absolute Gasteiger partial charge is 0.488 e. The molecule has 202 valence electrons. The number of fused-ring (bicyclic) bond motifs is 1. The normalized spacial score (nSPS) is 16.8. The minimum absolute atomic E-state index is 0.00834. The summed E-state index contributed by atoms with van der Waals surface area (Å²) in [5, 5.41) is 17.5. The molecule has 0 spiro atoms. The molecule has 0 fully saturated rings. The average Bonchev–Trinajstić information content (AvgIpc) is 2.85. The van der Waals surface area contributed by atoms with Gasteiger partial charge in [0.25, 0.3) is 5.91 Å². The van der Waals surface area contributed by atoms with E-state index in [0.717, 1.165) is 36.6 Å². The highest BCUT2D eigenvalue weighted by Gasteiger charge is 2.26. The van der Waals surface area contributed by atoms with Gasteiger partial charge in [-0.3, -0.25) is 4.79 Å². The number of aryl methyl sites for hydroxylation is 1. The van der Waals surface area contributed by atoms with Crippen LogP contribution in [-0.4, -0.2) is 35.3 Å². The number of benzene rings is 3. The van der Waals surface area contributed by atoms with Crippen LogP contribution in [0.4, 0.5) is 8.78 Å². The molecule has 0 aliphatic heterocycles. The summed E-state index contributed by atoms with van der Waals surface area (Å²) in [5.74, 6) is -0.967. The van der Waals surface area contributed by atoms with E-state index in [1.54, 1.807) is 24.3 Å². The molecule has 0 saturated carbocycles. The Bertz CT molecular complexity index is 1220. The molecular weight excluding hydrogens is 486 g/mol. The predicted octanol–water partition coefficient (Wildman–Crippen LogP) is 5.51. The van der Waals surface area contributed by atoms with E-state index in [1.165, 1.54) is 17.7 Å². The maximum Gasteiger partial charge on any atom is 0.251 e. The standard InChI is InChI=1S/C31H36F2N2O3/c1-31(2,3)38-25-13-12-21-10-7-11-27(26(21)18-25)34-19-29(36)28(16-20-14-23(32)17-24(33)15-20)35-30(37)22-8-5-4-6-9-22/h4-6,8-9,12-15,17-18,27-29,34,36H,7,10-11,16,19H2,1-3H3,(H,35,37)/t27-,28-,29-/m0/s1. The number of rotatable bonds is 9. The summed E-state index contributed by atoms with van der Waals surface area (Å²) < 4.78 is 33.8. The first-order valence-corrected chi connectivity index (χ1v) is 13.1. The van der Waals surface area contributed by atoms with Gasteiger partial charge < -0.3 is 20.5 Å². The summed E-state index contributed by atoms with van der Waals surface area (Å²) in [6.07, 6.45) is 1.95. The fourth-order valence-corrected chi connectivity index (χ4v) is 4.92. The summed E-state index contributed by atoms with van der Waals surface area (Å²) in [5.41, 5.74) is 2.86. The van der Waals surface area contributed by atoms with Crippen LogP contribution < -0.4 is 15.4 Å². The lowest BCUT2D eigenvalue weighted by atomic mass is 9.87. The van der Waals surface area contributed by atoms with Gasteiger partial charge in [-0.05, 0) is 99.5 Å². The van der Waals surface area contributed by atoms with E-state index in [9.17, 15) is 18.7 Å². The van der Waals surface area contributed by atoms with Gasteiger partial charge in [0.05, 0.1) is 12.1 Å². The average molecular weight is 523 g/mol. The number of carbonyl (C=O) groups excluding carboxylic acids is 1. The number of aliphatic hydroxyl groups is 1. The molecule has 1 amide bonds. The lowest BCUT2D eigenvalue weighted by Crippen LogP contribution is -2.49. The molecule has 5 nitrogen and oxygen atoms in total. The van der Waals surface area contributed by atoms with Crippen molar-refractivity contribution >= 4 is 5.91 Å². The minimum Gasteiger partial charge on any atom is -0.488 e. The van der Waals surface area contributed by atoms with Gasteiger partial charge in [-0.2, -0.15) is 0 Å². The van der Waals surface area contributed by atoms with E-state index in [0.29, 0.717) is 11.1 Å². The van der Waals surface area contributed by atoms with Crippen LogP contribution in [0.15, 0.2) is 66.7 Å². The number of carbonyl (C=O) groups is 1. The molecule has 1 aliphatic rings. The van der Waals surface area contributed by atoms with Crippen LogP contribution >= 0.6 is 0 Å². The van der Waals surface area contributed by atoms with Crippen LogP contribution in [0.1, 0.15) is 66.7 Å². The summed E-state index contributed by atoms with van der Waals surface area (Å²) in [6.45, 7) is 6.21. The topological polar surface area (TPSA) is 70.6 Å². The maximum atomic E-state index is 13.9. The van der Waals surface area contributed by atoms with Gasteiger partial charge in [-0.25, -0.2) is 8.78 Å². The number of ether oxygens (including phenoxy) is 1. The monoisotopic (exact) mass is 522 g/mol. The number of nitrogens with one attached hydrogen (secondary N) is 2. The number of hydrogen-bond donors (Lipinski definition) is 3. The Morgan fingerprint density at radius 3 is 2.45 bits per heavy atom. The third-order valence-electron chi connectivity index (χ3n) is 6.62.